The van der Waals surface area contributed by atoms with E-state index in [4.69, 9.17) is 0 Å². The summed E-state index contributed by atoms with van der Waals surface area (Å²) in [5.41, 5.74) is 0. The number of nitrogens with one attached hydrogen (secondary N) is 1. The summed E-state index contributed by atoms with van der Waals surface area (Å²) in [6.07, 6.45) is 7.07. The van der Waals surface area contributed by atoms with Crippen molar-refractivity contribution < 1.29 is 0 Å². The van der Waals surface area contributed by atoms with Gasteiger partial charge >= 0.3 is 0 Å². The Morgan fingerprint density at radius 3 is 2.57 bits per heavy atom. The fourth-order valence-corrected chi connectivity index (χ4v) is 2.94. The first-order chi connectivity index (χ1) is 6.75. The van der Waals surface area contributed by atoms with Gasteiger partial charge in [0.15, 0.2) is 0 Å². The van der Waals surface area contributed by atoms with E-state index < -0.39 is 0 Å². The molecular formula is C12H24N2. The first kappa shape index (κ1) is 10.4. The maximum absolute atomic E-state index is 3.86. The lowest BCUT2D eigenvalue weighted by molar-refractivity contribution is 0.257. The summed E-state index contributed by atoms with van der Waals surface area (Å²) >= 11 is 0. The van der Waals surface area contributed by atoms with Crippen molar-refractivity contribution in [3.8, 4) is 0 Å². The molecule has 0 spiro atoms. The normalized spacial score (nSPS) is 40.3. The van der Waals surface area contributed by atoms with Gasteiger partial charge in [0.25, 0.3) is 0 Å². The van der Waals surface area contributed by atoms with E-state index in [1.54, 1.807) is 0 Å². The van der Waals surface area contributed by atoms with E-state index >= 15 is 0 Å². The quantitative estimate of drug-likeness (QED) is 0.725. The monoisotopic (exact) mass is 196 g/mol. The van der Waals surface area contributed by atoms with E-state index in [2.05, 4.69) is 24.2 Å². The molecule has 0 aromatic heterocycles. The Morgan fingerprint density at radius 2 is 1.93 bits per heavy atom. The summed E-state index contributed by atoms with van der Waals surface area (Å²) < 4.78 is 0. The molecule has 2 heteroatoms. The van der Waals surface area contributed by atoms with Crippen LogP contribution in [0.25, 0.3) is 0 Å². The second kappa shape index (κ2) is 4.63. The number of likely N-dealkylation sites (tertiary alicyclic amines) is 1. The van der Waals surface area contributed by atoms with E-state index in [9.17, 15) is 0 Å². The Bertz CT molecular complexity index is 181. The van der Waals surface area contributed by atoms with Crippen molar-refractivity contribution in [1.82, 2.24) is 10.2 Å². The van der Waals surface area contributed by atoms with Crippen LogP contribution in [0.2, 0.25) is 0 Å². The standard InChI is InChI=1S/C12H24N2/c1-10-5-3-4-6-12(10)13-11-7-8-14(2)9-11/h10-13H,3-9H2,1-2H3/t10-,11+,12-/m1/s1. The summed E-state index contributed by atoms with van der Waals surface area (Å²) in [6, 6.07) is 1.57. The molecule has 2 rings (SSSR count). The number of likely N-dealkylation sites (N-methyl/N-ethyl adjacent to an activating group) is 1. The summed E-state index contributed by atoms with van der Waals surface area (Å²) in [7, 11) is 2.23. The molecule has 0 amide bonds. The number of hydrogen-bond donors (Lipinski definition) is 1. The van der Waals surface area contributed by atoms with Crippen molar-refractivity contribution >= 4 is 0 Å². The highest BCUT2D eigenvalue weighted by molar-refractivity contribution is 4.86. The molecule has 82 valence electrons. The van der Waals surface area contributed by atoms with Crippen molar-refractivity contribution in [2.24, 2.45) is 5.92 Å². The van der Waals surface area contributed by atoms with Gasteiger partial charge in [0.1, 0.15) is 0 Å². The van der Waals surface area contributed by atoms with Crippen LogP contribution in [-0.2, 0) is 0 Å². The van der Waals surface area contributed by atoms with Crippen LogP contribution in [0, 0.1) is 5.92 Å². The third-order valence-corrected chi connectivity index (χ3v) is 3.95. The average Bonchev–Trinajstić information content (AvgIpc) is 2.56. The Labute approximate surface area is 88.1 Å². The zero-order chi connectivity index (χ0) is 9.97. The lowest BCUT2D eigenvalue weighted by atomic mass is 9.85. The largest absolute Gasteiger partial charge is 0.310 e. The van der Waals surface area contributed by atoms with Gasteiger partial charge in [-0.15, -0.1) is 0 Å². The van der Waals surface area contributed by atoms with Crippen molar-refractivity contribution in [3.05, 3.63) is 0 Å². The number of rotatable bonds is 2. The Hall–Kier alpha value is -0.0800. The van der Waals surface area contributed by atoms with Crippen LogP contribution in [0.1, 0.15) is 39.0 Å². The third kappa shape index (κ3) is 2.48. The van der Waals surface area contributed by atoms with Crippen molar-refractivity contribution in [1.29, 1.82) is 0 Å². The molecule has 0 unspecified atom stereocenters. The van der Waals surface area contributed by atoms with Gasteiger partial charge in [0, 0.05) is 18.6 Å². The molecule has 0 aromatic rings. The predicted octanol–water partition coefficient (Wildman–Crippen LogP) is 1.86. The molecule has 1 N–H and O–H groups in total. The molecule has 1 saturated carbocycles. The van der Waals surface area contributed by atoms with Crippen molar-refractivity contribution in [3.63, 3.8) is 0 Å². The molecule has 2 aliphatic rings. The maximum atomic E-state index is 3.86. The SMILES string of the molecule is C[C@@H]1CCCC[C@H]1N[C@H]1CCN(C)C1. The summed E-state index contributed by atoms with van der Waals surface area (Å²) in [5, 5.41) is 3.86. The molecule has 2 nitrogen and oxygen atoms in total. The Kier molecular flexibility index (Phi) is 3.45. The van der Waals surface area contributed by atoms with Gasteiger partial charge in [-0.05, 0) is 38.8 Å². The molecule has 0 radical (unpaired) electrons. The van der Waals surface area contributed by atoms with Gasteiger partial charge in [-0.3, -0.25) is 0 Å². The lowest BCUT2D eigenvalue weighted by Gasteiger charge is -2.32. The van der Waals surface area contributed by atoms with E-state index in [0.717, 1.165) is 18.0 Å². The fourth-order valence-electron chi connectivity index (χ4n) is 2.94. The van der Waals surface area contributed by atoms with Gasteiger partial charge in [0.2, 0.25) is 0 Å². The first-order valence-electron chi connectivity index (χ1n) is 6.20. The highest BCUT2D eigenvalue weighted by Crippen LogP contribution is 2.24. The van der Waals surface area contributed by atoms with Crippen molar-refractivity contribution in [2.75, 3.05) is 20.1 Å². The summed E-state index contributed by atoms with van der Waals surface area (Å²) in [5.74, 6) is 0.898. The first-order valence-corrected chi connectivity index (χ1v) is 6.20. The molecule has 0 aromatic carbocycles. The smallest absolute Gasteiger partial charge is 0.0209 e. The van der Waals surface area contributed by atoms with Crippen LogP contribution in [0.3, 0.4) is 0 Å². The molecule has 1 saturated heterocycles. The van der Waals surface area contributed by atoms with Gasteiger partial charge in [-0.2, -0.15) is 0 Å². The van der Waals surface area contributed by atoms with Crippen molar-refractivity contribution in [2.45, 2.75) is 51.1 Å². The predicted molar refractivity (Wildman–Crippen MR) is 60.5 cm³/mol. The average molecular weight is 196 g/mol. The summed E-state index contributed by atoms with van der Waals surface area (Å²) in [6.45, 7) is 4.94. The van der Waals surface area contributed by atoms with Gasteiger partial charge < -0.3 is 10.2 Å². The van der Waals surface area contributed by atoms with Crippen LogP contribution < -0.4 is 5.32 Å². The minimum absolute atomic E-state index is 0.769. The highest BCUT2D eigenvalue weighted by atomic mass is 15.2. The highest BCUT2D eigenvalue weighted by Gasteiger charge is 2.26. The van der Waals surface area contributed by atoms with Crippen LogP contribution in [0.4, 0.5) is 0 Å². The van der Waals surface area contributed by atoms with Crippen LogP contribution >= 0.6 is 0 Å². The summed E-state index contributed by atoms with van der Waals surface area (Å²) in [4.78, 5) is 2.44. The van der Waals surface area contributed by atoms with Crippen LogP contribution in [0.5, 0.6) is 0 Å². The molecule has 0 bridgehead atoms. The number of nitrogens with zero attached hydrogens (tertiary/aromatic N) is 1. The minimum atomic E-state index is 0.769. The Balaban J connectivity index is 1.78. The second-order valence-corrected chi connectivity index (χ2v) is 5.28. The molecule has 1 aliphatic heterocycles. The van der Waals surface area contributed by atoms with Gasteiger partial charge in [-0.1, -0.05) is 19.8 Å². The fraction of sp³-hybridized carbons (Fsp3) is 1.00. The number of hydrogen-bond acceptors (Lipinski definition) is 2. The van der Waals surface area contributed by atoms with E-state index in [-0.39, 0.29) is 0 Å². The molecule has 3 atom stereocenters. The van der Waals surface area contributed by atoms with Crippen LogP contribution in [-0.4, -0.2) is 37.1 Å². The third-order valence-electron chi connectivity index (χ3n) is 3.95. The second-order valence-electron chi connectivity index (χ2n) is 5.28. The molecule has 1 aliphatic carbocycles. The van der Waals surface area contributed by atoms with E-state index in [1.807, 2.05) is 0 Å². The zero-order valence-corrected chi connectivity index (χ0v) is 9.63. The van der Waals surface area contributed by atoms with E-state index in [0.29, 0.717) is 0 Å². The Morgan fingerprint density at radius 1 is 1.14 bits per heavy atom. The van der Waals surface area contributed by atoms with Gasteiger partial charge in [-0.25, -0.2) is 0 Å². The molecule has 2 fully saturated rings. The zero-order valence-electron chi connectivity index (χ0n) is 9.63. The topological polar surface area (TPSA) is 15.3 Å². The lowest BCUT2D eigenvalue weighted by Crippen LogP contribution is -2.44. The molecule has 1 heterocycles. The van der Waals surface area contributed by atoms with Gasteiger partial charge in [0.05, 0.1) is 0 Å². The maximum Gasteiger partial charge on any atom is 0.0209 e. The minimum Gasteiger partial charge on any atom is -0.310 e. The molecule has 14 heavy (non-hydrogen) atoms. The van der Waals surface area contributed by atoms with E-state index in [1.165, 1.54) is 45.2 Å². The van der Waals surface area contributed by atoms with Crippen LogP contribution in [0.15, 0.2) is 0 Å². The molecular weight excluding hydrogens is 172 g/mol.